The normalized spacial score (nSPS) is 10.1. The van der Waals surface area contributed by atoms with Crippen LogP contribution in [0.2, 0.25) is 0 Å². The van der Waals surface area contributed by atoms with Crippen molar-refractivity contribution in [3.05, 3.63) is 18.2 Å². The summed E-state index contributed by atoms with van der Waals surface area (Å²) in [6, 6.07) is 5.37. The van der Waals surface area contributed by atoms with Crippen molar-refractivity contribution in [2.24, 2.45) is 5.73 Å². The molecule has 0 bridgehead atoms. The highest BCUT2D eigenvalue weighted by Gasteiger charge is 2.08. The van der Waals surface area contributed by atoms with E-state index < -0.39 is 0 Å². The Balaban J connectivity index is 2.74. The molecule has 0 unspecified atom stereocenters. The van der Waals surface area contributed by atoms with E-state index in [1.165, 1.54) is 0 Å². The highest BCUT2D eigenvalue weighted by atomic mass is 16.5. The largest absolute Gasteiger partial charge is 0.490 e. The van der Waals surface area contributed by atoms with Crippen molar-refractivity contribution in [3.63, 3.8) is 0 Å². The van der Waals surface area contributed by atoms with Gasteiger partial charge in [-0.3, -0.25) is 4.79 Å². The lowest BCUT2D eigenvalue weighted by Gasteiger charge is -2.13. The predicted molar refractivity (Wildman–Crippen MR) is 75.7 cm³/mol. The lowest BCUT2D eigenvalue weighted by atomic mass is 10.2. The Labute approximate surface area is 114 Å². The van der Waals surface area contributed by atoms with E-state index in [-0.39, 0.29) is 5.91 Å². The molecule has 0 atom stereocenters. The fourth-order valence-corrected chi connectivity index (χ4v) is 1.61. The smallest absolute Gasteiger partial charge is 0.224 e. The maximum atomic E-state index is 11.6. The van der Waals surface area contributed by atoms with Crippen molar-refractivity contribution in [2.75, 3.05) is 25.1 Å². The molecular weight excluding hydrogens is 244 g/mol. The van der Waals surface area contributed by atoms with Gasteiger partial charge in [0.25, 0.3) is 0 Å². The van der Waals surface area contributed by atoms with Crippen LogP contribution in [0, 0.1) is 0 Å². The fraction of sp³-hybridized carbons (Fsp3) is 0.500. The number of anilines is 1. The molecule has 1 aromatic carbocycles. The van der Waals surface area contributed by atoms with Gasteiger partial charge in [0, 0.05) is 18.2 Å². The molecule has 0 heterocycles. The first-order chi connectivity index (χ1) is 9.21. The Morgan fingerprint density at radius 1 is 1.21 bits per heavy atom. The lowest BCUT2D eigenvalue weighted by molar-refractivity contribution is -0.116. The minimum atomic E-state index is -0.0444. The van der Waals surface area contributed by atoms with Crippen LogP contribution in [0.25, 0.3) is 0 Å². The summed E-state index contributed by atoms with van der Waals surface area (Å²) in [6.45, 7) is 5.45. The Kier molecular flexibility index (Phi) is 6.74. The third-order valence-corrected chi connectivity index (χ3v) is 2.44. The minimum Gasteiger partial charge on any atom is -0.490 e. The van der Waals surface area contributed by atoms with Gasteiger partial charge < -0.3 is 20.5 Å². The van der Waals surface area contributed by atoms with Crippen molar-refractivity contribution < 1.29 is 14.3 Å². The highest BCUT2D eigenvalue weighted by molar-refractivity contribution is 5.91. The molecule has 0 aliphatic rings. The summed E-state index contributed by atoms with van der Waals surface area (Å²) in [5.74, 6) is 1.28. The molecule has 106 valence electrons. The third kappa shape index (κ3) is 5.18. The van der Waals surface area contributed by atoms with Crippen molar-refractivity contribution >= 4 is 11.6 Å². The first-order valence-corrected chi connectivity index (χ1v) is 6.60. The average molecular weight is 266 g/mol. The Hall–Kier alpha value is -1.75. The number of rotatable bonds is 8. The van der Waals surface area contributed by atoms with Crippen molar-refractivity contribution in [2.45, 2.75) is 26.7 Å². The SMILES string of the molecule is CCOc1ccc(NC(=O)CCCN)cc1OCC. The zero-order valence-corrected chi connectivity index (χ0v) is 11.6. The third-order valence-electron chi connectivity index (χ3n) is 2.44. The molecule has 0 aromatic heterocycles. The molecular formula is C14H22N2O3. The van der Waals surface area contributed by atoms with Gasteiger partial charge in [0.1, 0.15) is 0 Å². The monoisotopic (exact) mass is 266 g/mol. The second-order valence-electron chi connectivity index (χ2n) is 3.97. The van der Waals surface area contributed by atoms with Crippen LogP contribution in [-0.2, 0) is 4.79 Å². The van der Waals surface area contributed by atoms with Crippen molar-refractivity contribution in [3.8, 4) is 11.5 Å². The summed E-state index contributed by atoms with van der Waals surface area (Å²) in [5, 5.41) is 2.81. The zero-order valence-electron chi connectivity index (χ0n) is 11.6. The summed E-state index contributed by atoms with van der Waals surface area (Å²) in [7, 11) is 0. The van der Waals surface area contributed by atoms with E-state index in [0.29, 0.717) is 49.8 Å². The summed E-state index contributed by atoms with van der Waals surface area (Å²) in [5.41, 5.74) is 6.07. The summed E-state index contributed by atoms with van der Waals surface area (Å²) in [4.78, 5) is 11.6. The molecule has 5 nitrogen and oxygen atoms in total. The number of carbonyl (C=O) groups excluding carboxylic acids is 1. The van der Waals surface area contributed by atoms with Gasteiger partial charge in [-0.2, -0.15) is 0 Å². The second-order valence-corrected chi connectivity index (χ2v) is 3.97. The van der Waals surface area contributed by atoms with Gasteiger partial charge in [-0.05, 0) is 38.9 Å². The standard InChI is InChI=1S/C14H22N2O3/c1-3-18-12-8-7-11(10-13(12)19-4-2)16-14(17)6-5-9-15/h7-8,10H,3-6,9,15H2,1-2H3,(H,16,17). The maximum Gasteiger partial charge on any atom is 0.224 e. The van der Waals surface area contributed by atoms with Gasteiger partial charge in [-0.15, -0.1) is 0 Å². The number of ether oxygens (including phenoxy) is 2. The predicted octanol–water partition coefficient (Wildman–Crippen LogP) is 2.16. The van der Waals surface area contributed by atoms with Crippen LogP contribution in [0.1, 0.15) is 26.7 Å². The molecule has 3 N–H and O–H groups in total. The number of hydrogen-bond acceptors (Lipinski definition) is 4. The Morgan fingerprint density at radius 2 is 1.89 bits per heavy atom. The fourth-order valence-electron chi connectivity index (χ4n) is 1.61. The van der Waals surface area contributed by atoms with E-state index in [9.17, 15) is 4.79 Å². The molecule has 5 heteroatoms. The first kappa shape index (κ1) is 15.3. The van der Waals surface area contributed by atoms with E-state index in [0.717, 1.165) is 0 Å². The Bertz CT molecular complexity index is 408. The first-order valence-electron chi connectivity index (χ1n) is 6.60. The van der Waals surface area contributed by atoms with Gasteiger partial charge in [0.2, 0.25) is 5.91 Å². The molecule has 0 saturated carbocycles. The quantitative estimate of drug-likeness (QED) is 0.756. The van der Waals surface area contributed by atoms with Gasteiger partial charge in [-0.25, -0.2) is 0 Å². The molecule has 1 aromatic rings. The molecule has 0 aliphatic carbocycles. The second kappa shape index (κ2) is 8.37. The highest BCUT2D eigenvalue weighted by Crippen LogP contribution is 2.30. The number of carbonyl (C=O) groups is 1. The topological polar surface area (TPSA) is 73.6 Å². The van der Waals surface area contributed by atoms with E-state index in [1.807, 2.05) is 13.8 Å². The average Bonchev–Trinajstić information content (AvgIpc) is 2.40. The Morgan fingerprint density at radius 3 is 2.53 bits per heavy atom. The number of nitrogens with one attached hydrogen (secondary N) is 1. The number of amides is 1. The van der Waals surface area contributed by atoms with Gasteiger partial charge in [-0.1, -0.05) is 0 Å². The van der Waals surface area contributed by atoms with Crippen LogP contribution in [0.4, 0.5) is 5.69 Å². The molecule has 1 rings (SSSR count). The molecule has 0 aliphatic heterocycles. The number of hydrogen-bond donors (Lipinski definition) is 2. The molecule has 19 heavy (non-hydrogen) atoms. The minimum absolute atomic E-state index is 0.0444. The molecule has 0 spiro atoms. The number of benzene rings is 1. The van der Waals surface area contributed by atoms with Crippen LogP contribution in [0.3, 0.4) is 0 Å². The number of nitrogens with two attached hydrogens (primary N) is 1. The van der Waals surface area contributed by atoms with Gasteiger partial charge in [0.05, 0.1) is 13.2 Å². The summed E-state index contributed by atoms with van der Waals surface area (Å²) in [6.07, 6.45) is 1.11. The molecule has 1 amide bonds. The summed E-state index contributed by atoms with van der Waals surface area (Å²) >= 11 is 0. The maximum absolute atomic E-state index is 11.6. The van der Waals surface area contributed by atoms with E-state index >= 15 is 0 Å². The van der Waals surface area contributed by atoms with Crippen LogP contribution >= 0.6 is 0 Å². The van der Waals surface area contributed by atoms with E-state index in [1.54, 1.807) is 18.2 Å². The van der Waals surface area contributed by atoms with Crippen molar-refractivity contribution in [1.82, 2.24) is 0 Å². The molecule has 0 saturated heterocycles. The van der Waals surface area contributed by atoms with Crippen LogP contribution < -0.4 is 20.5 Å². The van der Waals surface area contributed by atoms with Gasteiger partial charge in [0.15, 0.2) is 11.5 Å². The summed E-state index contributed by atoms with van der Waals surface area (Å²) < 4.78 is 11.0. The van der Waals surface area contributed by atoms with Crippen LogP contribution in [0.5, 0.6) is 11.5 Å². The van der Waals surface area contributed by atoms with Gasteiger partial charge >= 0.3 is 0 Å². The van der Waals surface area contributed by atoms with Crippen LogP contribution in [0.15, 0.2) is 18.2 Å². The van der Waals surface area contributed by atoms with Crippen molar-refractivity contribution in [1.29, 1.82) is 0 Å². The lowest BCUT2D eigenvalue weighted by Crippen LogP contribution is -2.13. The molecule has 0 fully saturated rings. The van der Waals surface area contributed by atoms with Crippen LogP contribution in [-0.4, -0.2) is 25.7 Å². The molecule has 0 radical (unpaired) electrons. The zero-order chi connectivity index (χ0) is 14.1. The van der Waals surface area contributed by atoms with E-state index in [2.05, 4.69) is 5.32 Å². The van der Waals surface area contributed by atoms with E-state index in [4.69, 9.17) is 15.2 Å².